The first-order valence-corrected chi connectivity index (χ1v) is 10.1. The van der Waals surface area contributed by atoms with E-state index in [2.05, 4.69) is 5.10 Å². The van der Waals surface area contributed by atoms with E-state index in [4.69, 9.17) is 9.15 Å². The lowest BCUT2D eigenvalue weighted by Crippen LogP contribution is -2.39. The number of halogens is 1. The Hall–Kier alpha value is -3.94. The molecule has 0 saturated carbocycles. The van der Waals surface area contributed by atoms with Crippen LogP contribution in [0, 0.1) is 5.82 Å². The number of para-hydroxylation sites is 1. The minimum atomic E-state index is -0.500. The van der Waals surface area contributed by atoms with Gasteiger partial charge in [0.15, 0.2) is 5.76 Å². The number of carbonyl (C=O) groups excluding carboxylic acids is 2. The Morgan fingerprint density at radius 1 is 1.16 bits per heavy atom. The summed E-state index contributed by atoms with van der Waals surface area (Å²) in [7, 11) is 3.06. The molecule has 0 N–H and O–H groups in total. The summed E-state index contributed by atoms with van der Waals surface area (Å²) >= 11 is 0. The Balaban J connectivity index is 1.65. The Labute approximate surface area is 184 Å². The fourth-order valence-corrected chi connectivity index (χ4v) is 3.72. The maximum atomic E-state index is 14.4. The van der Waals surface area contributed by atoms with Gasteiger partial charge in [-0.1, -0.05) is 36.4 Å². The van der Waals surface area contributed by atoms with Gasteiger partial charge in [-0.2, -0.15) is 5.10 Å². The highest BCUT2D eigenvalue weighted by molar-refractivity contribution is 6.04. The molecule has 1 aliphatic heterocycles. The van der Waals surface area contributed by atoms with Crippen molar-refractivity contribution >= 4 is 17.5 Å². The Morgan fingerprint density at radius 3 is 2.62 bits per heavy atom. The van der Waals surface area contributed by atoms with Gasteiger partial charge in [0, 0.05) is 24.6 Å². The second kappa shape index (κ2) is 9.05. The summed E-state index contributed by atoms with van der Waals surface area (Å²) in [5, 5.41) is 5.78. The van der Waals surface area contributed by atoms with Crippen molar-refractivity contribution in [1.82, 2.24) is 9.91 Å². The molecule has 2 amide bonds. The van der Waals surface area contributed by atoms with Crippen molar-refractivity contribution in [2.24, 2.45) is 5.10 Å². The molecule has 0 radical (unpaired) electrons. The van der Waals surface area contributed by atoms with Crippen LogP contribution >= 0.6 is 0 Å². The second-order valence-corrected chi connectivity index (χ2v) is 7.37. The molecule has 0 fully saturated rings. The minimum Gasteiger partial charge on any atom is -0.496 e. The average Bonchev–Trinajstić information content (AvgIpc) is 3.49. The fourth-order valence-electron chi connectivity index (χ4n) is 3.72. The number of hydrazone groups is 1. The van der Waals surface area contributed by atoms with E-state index in [1.807, 2.05) is 18.2 Å². The molecule has 8 heteroatoms. The molecule has 2 heterocycles. The number of likely N-dealkylation sites (N-methyl/N-ethyl adjacent to an activating group) is 1. The van der Waals surface area contributed by atoms with E-state index in [1.54, 1.807) is 37.4 Å². The lowest BCUT2D eigenvalue weighted by molar-refractivity contribution is -0.133. The molecule has 1 aromatic heterocycles. The molecule has 32 heavy (non-hydrogen) atoms. The number of hydrogen-bond acceptors (Lipinski definition) is 5. The predicted octanol–water partition coefficient (Wildman–Crippen LogP) is 3.88. The van der Waals surface area contributed by atoms with Crippen LogP contribution in [-0.4, -0.2) is 48.1 Å². The van der Waals surface area contributed by atoms with Crippen LogP contribution in [0.4, 0.5) is 4.39 Å². The van der Waals surface area contributed by atoms with Gasteiger partial charge in [0.2, 0.25) is 0 Å². The summed E-state index contributed by atoms with van der Waals surface area (Å²) < 4.78 is 25.1. The number of methoxy groups -OCH3 is 1. The van der Waals surface area contributed by atoms with Gasteiger partial charge in [-0.05, 0) is 24.3 Å². The minimum absolute atomic E-state index is 0.138. The zero-order valence-corrected chi connectivity index (χ0v) is 17.7. The zero-order chi connectivity index (χ0) is 22.7. The highest BCUT2D eigenvalue weighted by atomic mass is 19.1. The molecule has 4 rings (SSSR count). The topological polar surface area (TPSA) is 75.3 Å². The first-order chi connectivity index (χ1) is 15.5. The number of nitrogens with zero attached hydrogens (tertiary/aromatic N) is 3. The van der Waals surface area contributed by atoms with E-state index in [0.29, 0.717) is 23.4 Å². The molecule has 0 aliphatic carbocycles. The zero-order valence-electron chi connectivity index (χ0n) is 17.7. The Bertz CT molecular complexity index is 1160. The molecule has 1 unspecified atom stereocenters. The first kappa shape index (κ1) is 21.3. The number of furan rings is 1. The van der Waals surface area contributed by atoms with Crippen molar-refractivity contribution in [2.45, 2.75) is 12.5 Å². The third kappa shape index (κ3) is 4.12. The van der Waals surface area contributed by atoms with Gasteiger partial charge in [0.25, 0.3) is 11.8 Å². The Kier molecular flexibility index (Phi) is 6.02. The molecular weight excluding hydrogens is 413 g/mol. The lowest BCUT2D eigenvalue weighted by Gasteiger charge is -2.25. The van der Waals surface area contributed by atoms with Gasteiger partial charge >= 0.3 is 0 Å². The van der Waals surface area contributed by atoms with E-state index in [1.165, 1.54) is 35.4 Å². The van der Waals surface area contributed by atoms with Crippen molar-refractivity contribution in [3.8, 4) is 5.75 Å². The molecule has 0 spiro atoms. The predicted molar refractivity (Wildman–Crippen MR) is 116 cm³/mol. The molecule has 164 valence electrons. The summed E-state index contributed by atoms with van der Waals surface area (Å²) in [4.78, 5) is 27.0. The maximum Gasteiger partial charge on any atom is 0.289 e. The second-order valence-electron chi connectivity index (χ2n) is 7.37. The molecule has 3 aromatic rings. The van der Waals surface area contributed by atoms with Crippen LogP contribution in [0.2, 0.25) is 0 Å². The molecule has 7 nitrogen and oxygen atoms in total. The van der Waals surface area contributed by atoms with E-state index >= 15 is 0 Å². The van der Waals surface area contributed by atoms with Crippen LogP contribution in [0.15, 0.2) is 76.4 Å². The summed E-state index contributed by atoms with van der Waals surface area (Å²) in [6, 6.07) is 16.3. The number of amides is 2. The molecule has 1 aliphatic rings. The first-order valence-electron chi connectivity index (χ1n) is 10.1. The average molecular weight is 435 g/mol. The fraction of sp³-hybridized carbons (Fsp3) is 0.208. The van der Waals surface area contributed by atoms with Gasteiger partial charge in [0.1, 0.15) is 18.1 Å². The van der Waals surface area contributed by atoms with Gasteiger partial charge in [-0.25, -0.2) is 9.40 Å². The van der Waals surface area contributed by atoms with Gasteiger partial charge < -0.3 is 14.1 Å². The molecule has 2 aromatic carbocycles. The van der Waals surface area contributed by atoms with E-state index in [9.17, 15) is 14.0 Å². The highest BCUT2D eigenvalue weighted by Crippen LogP contribution is 2.37. The third-order valence-electron chi connectivity index (χ3n) is 5.30. The van der Waals surface area contributed by atoms with Crippen molar-refractivity contribution in [3.63, 3.8) is 0 Å². The Morgan fingerprint density at radius 2 is 1.91 bits per heavy atom. The van der Waals surface area contributed by atoms with Crippen LogP contribution in [0.3, 0.4) is 0 Å². The number of hydrogen-bond donors (Lipinski definition) is 0. The van der Waals surface area contributed by atoms with Crippen LogP contribution in [0.25, 0.3) is 0 Å². The SMILES string of the molecule is COc1ccccc1C1CC(c2ccccc2F)=NN1C(=O)CN(C)C(=O)c1ccco1. The van der Waals surface area contributed by atoms with E-state index in [0.717, 1.165) is 5.56 Å². The van der Waals surface area contributed by atoms with Gasteiger partial charge in [0.05, 0.1) is 25.1 Å². The summed E-state index contributed by atoms with van der Waals surface area (Å²) in [6.07, 6.45) is 1.70. The van der Waals surface area contributed by atoms with Crippen molar-refractivity contribution < 1.29 is 23.1 Å². The quantitative estimate of drug-likeness (QED) is 0.589. The van der Waals surface area contributed by atoms with Crippen molar-refractivity contribution in [2.75, 3.05) is 20.7 Å². The number of rotatable bonds is 6. The van der Waals surface area contributed by atoms with Crippen LogP contribution in [-0.2, 0) is 4.79 Å². The maximum absolute atomic E-state index is 14.4. The molecule has 0 saturated heterocycles. The number of benzene rings is 2. The molecular formula is C24H22FN3O4. The van der Waals surface area contributed by atoms with Crippen molar-refractivity contribution in [1.29, 1.82) is 0 Å². The van der Waals surface area contributed by atoms with Gasteiger partial charge in [-0.15, -0.1) is 0 Å². The van der Waals surface area contributed by atoms with Crippen LogP contribution in [0.5, 0.6) is 5.75 Å². The standard InChI is InChI=1S/C24H22FN3O4/c1-27(24(30)22-12-7-13-32-22)15-23(29)28-20(17-9-4-6-11-21(17)31-2)14-19(26-28)16-8-3-5-10-18(16)25/h3-13,20H,14-15H2,1-2H3. The number of ether oxygens (including phenoxy) is 1. The monoisotopic (exact) mass is 435 g/mol. The normalized spacial score (nSPS) is 15.4. The van der Waals surface area contributed by atoms with E-state index < -0.39 is 23.7 Å². The lowest BCUT2D eigenvalue weighted by atomic mass is 9.97. The van der Waals surface area contributed by atoms with Crippen LogP contribution in [0.1, 0.15) is 34.1 Å². The summed E-state index contributed by atoms with van der Waals surface area (Å²) in [6.45, 7) is -0.223. The van der Waals surface area contributed by atoms with Crippen LogP contribution < -0.4 is 4.74 Å². The van der Waals surface area contributed by atoms with E-state index in [-0.39, 0.29) is 12.3 Å². The smallest absolute Gasteiger partial charge is 0.289 e. The third-order valence-corrected chi connectivity index (χ3v) is 5.30. The number of carbonyl (C=O) groups is 2. The molecule has 1 atom stereocenters. The highest BCUT2D eigenvalue weighted by Gasteiger charge is 2.36. The van der Waals surface area contributed by atoms with Gasteiger partial charge in [-0.3, -0.25) is 9.59 Å². The summed E-state index contributed by atoms with van der Waals surface area (Å²) in [5.74, 6) is -0.507. The summed E-state index contributed by atoms with van der Waals surface area (Å²) in [5.41, 5.74) is 1.54. The largest absolute Gasteiger partial charge is 0.496 e. The molecule has 0 bridgehead atoms. The van der Waals surface area contributed by atoms with Crippen molar-refractivity contribution in [3.05, 3.63) is 89.6 Å².